The predicted molar refractivity (Wildman–Crippen MR) is 102 cm³/mol. The van der Waals surface area contributed by atoms with Crippen LogP contribution in [0.25, 0.3) is 0 Å². The largest absolute Gasteiger partial charge is 0.478 e. The van der Waals surface area contributed by atoms with Crippen LogP contribution in [0.5, 0.6) is 0 Å². The Morgan fingerprint density at radius 3 is 2.33 bits per heavy atom. The summed E-state index contributed by atoms with van der Waals surface area (Å²) in [5.41, 5.74) is 1.93. The van der Waals surface area contributed by atoms with Gasteiger partial charge < -0.3 is 15.1 Å². The van der Waals surface area contributed by atoms with E-state index in [1.807, 2.05) is 6.92 Å². The van der Waals surface area contributed by atoms with Crippen molar-refractivity contribution in [2.24, 2.45) is 0 Å². The zero-order valence-corrected chi connectivity index (χ0v) is 15.4. The second-order valence-electron chi connectivity index (χ2n) is 6.35. The van der Waals surface area contributed by atoms with Crippen molar-refractivity contribution in [1.82, 2.24) is 0 Å². The molecule has 0 heterocycles. The number of nitrogens with zero attached hydrogens (tertiary/aromatic N) is 1. The first-order valence-corrected chi connectivity index (χ1v) is 8.80. The normalized spacial score (nSPS) is 10.4. The Bertz CT molecular complexity index is 859. The lowest BCUT2D eigenvalue weighted by molar-refractivity contribution is -0.118. The Labute approximate surface area is 158 Å². The highest BCUT2D eigenvalue weighted by Crippen LogP contribution is 2.26. The van der Waals surface area contributed by atoms with Crippen LogP contribution in [0.1, 0.15) is 58.0 Å². The van der Waals surface area contributed by atoms with Gasteiger partial charge in [0.1, 0.15) is 0 Å². The molecule has 0 bridgehead atoms. The van der Waals surface area contributed by atoms with Crippen molar-refractivity contribution < 1.29 is 24.6 Å². The minimum atomic E-state index is -1.08. The van der Waals surface area contributed by atoms with E-state index in [1.165, 1.54) is 23.1 Å². The lowest BCUT2D eigenvalue weighted by atomic mass is 10.0. The van der Waals surface area contributed by atoms with Gasteiger partial charge >= 0.3 is 11.9 Å². The Kier molecular flexibility index (Phi) is 6.71. The number of benzene rings is 2. The summed E-state index contributed by atoms with van der Waals surface area (Å²) in [5.74, 6) is -2.31. The highest BCUT2D eigenvalue weighted by Gasteiger charge is 2.21. The Balaban J connectivity index is 2.50. The molecule has 6 nitrogen and oxygen atoms in total. The van der Waals surface area contributed by atoms with Crippen molar-refractivity contribution in [3.63, 3.8) is 0 Å². The number of unbranched alkanes of at least 4 members (excludes halogenated alkanes) is 1. The number of carboxylic acid groups (broad SMARTS) is 2. The van der Waals surface area contributed by atoms with Crippen LogP contribution < -0.4 is 4.90 Å². The third kappa shape index (κ3) is 4.94. The van der Waals surface area contributed by atoms with E-state index < -0.39 is 11.9 Å². The molecule has 0 aliphatic rings. The van der Waals surface area contributed by atoms with Crippen molar-refractivity contribution >= 4 is 23.5 Å². The van der Waals surface area contributed by atoms with Gasteiger partial charge in [0.05, 0.1) is 17.7 Å². The van der Waals surface area contributed by atoms with Crippen LogP contribution >= 0.6 is 0 Å². The number of carbonyl (C=O) groups excluding carboxylic acids is 1. The second-order valence-corrected chi connectivity index (χ2v) is 6.35. The van der Waals surface area contributed by atoms with Gasteiger partial charge in [0, 0.05) is 12.1 Å². The third-order valence-corrected chi connectivity index (χ3v) is 4.37. The topological polar surface area (TPSA) is 94.9 Å². The van der Waals surface area contributed by atoms with Gasteiger partial charge in [-0.15, -0.1) is 0 Å². The van der Waals surface area contributed by atoms with Crippen molar-refractivity contribution in [3.05, 3.63) is 64.7 Å². The molecular weight excluding hydrogens is 346 g/mol. The van der Waals surface area contributed by atoms with Crippen molar-refractivity contribution in [3.8, 4) is 0 Å². The van der Waals surface area contributed by atoms with Gasteiger partial charge in [0.15, 0.2) is 0 Å². The Hall–Kier alpha value is -3.15. The maximum absolute atomic E-state index is 12.9. The fourth-order valence-electron chi connectivity index (χ4n) is 2.84. The lowest BCUT2D eigenvalue weighted by Crippen LogP contribution is -2.31. The number of amides is 1. The number of carbonyl (C=O) groups is 3. The molecule has 0 saturated carbocycles. The van der Waals surface area contributed by atoms with E-state index in [-0.39, 0.29) is 23.6 Å². The van der Waals surface area contributed by atoms with E-state index in [0.29, 0.717) is 24.1 Å². The van der Waals surface area contributed by atoms with Crippen LogP contribution in [0.15, 0.2) is 42.5 Å². The molecule has 1 amide bonds. The molecule has 2 rings (SSSR count). The van der Waals surface area contributed by atoms with Crippen LogP contribution in [0, 0.1) is 6.92 Å². The summed E-state index contributed by atoms with van der Waals surface area (Å²) in [4.78, 5) is 37.2. The summed E-state index contributed by atoms with van der Waals surface area (Å²) in [6.07, 6.45) is 1.86. The van der Waals surface area contributed by atoms with Crippen LogP contribution in [-0.4, -0.2) is 28.1 Å². The van der Waals surface area contributed by atoms with E-state index in [9.17, 15) is 24.6 Å². The first-order valence-electron chi connectivity index (χ1n) is 8.80. The van der Waals surface area contributed by atoms with E-state index in [2.05, 4.69) is 0 Å². The molecule has 0 aliphatic heterocycles. The van der Waals surface area contributed by atoms with Crippen molar-refractivity contribution in [1.29, 1.82) is 0 Å². The molecule has 0 aromatic heterocycles. The molecular formula is C21H23NO5. The summed E-state index contributed by atoms with van der Waals surface area (Å²) in [6, 6.07) is 11.1. The van der Waals surface area contributed by atoms with E-state index in [4.69, 9.17) is 0 Å². The molecule has 2 N–H and O–H groups in total. The van der Waals surface area contributed by atoms with Crippen LogP contribution in [0.4, 0.5) is 5.69 Å². The average molecular weight is 369 g/mol. The molecule has 0 aliphatic carbocycles. The number of hydrogen-bond donors (Lipinski definition) is 2. The number of hydrogen-bond acceptors (Lipinski definition) is 3. The molecule has 6 heteroatoms. The molecule has 0 fully saturated rings. The fourth-order valence-corrected chi connectivity index (χ4v) is 2.84. The number of carboxylic acids is 2. The molecule has 0 atom stereocenters. The summed E-state index contributed by atoms with van der Waals surface area (Å²) in [7, 11) is 0. The minimum absolute atomic E-state index is 0.0644. The quantitative estimate of drug-likeness (QED) is 0.730. The van der Waals surface area contributed by atoms with Crippen LogP contribution in [-0.2, 0) is 11.3 Å². The van der Waals surface area contributed by atoms with Crippen molar-refractivity contribution in [2.75, 3.05) is 4.90 Å². The zero-order valence-electron chi connectivity index (χ0n) is 15.4. The fraction of sp³-hybridized carbons (Fsp3) is 0.286. The van der Waals surface area contributed by atoms with Gasteiger partial charge in [-0.1, -0.05) is 37.6 Å². The zero-order chi connectivity index (χ0) is 20.0. The monoisotopic (exact) mass is 369 g/mol. The predicted octanol–water partition coefficient (Wildman–Crippen LogP) is 4.11. The van der Waals surface area contributed by atoms with Gasteiger partial charge in [-0.25, -0.2) is 9.59 Å². The number of aromatic carboxylic acids is 2. The maximum atomic E-state index is 12.9. The summed E-state index contributed by atoms with van der Waals surface area (Å²) >= 11 is 0. The van der Waals surface area contributed by atoms with Crippen LogP contribution in [0.3, 0.4) is 0 Å². The second kappa shape index (κ2) is 8.98. The number of rotatable bonds is 8. The van der Waals surface area contributed by atoms with Gasteiger partial charge in [-0.3, -0.25) is 4.79 Å². The SMILES string of the molecule is CCCCC(=O)N(Cc1ccccc1C(=O)O)c1cc(C(=O)O)ccc1C. The number of anilines is 1. The molecule has 0 radical (unpaired) electrons. The smallest absolute Gasteiger partial charge is 0.336 e. The highest BCUT2D eigenvalue weighted by atomic mass is 16.4. The molecule has 0 spiro atoms. The molecule has 27 heavy (non-hydrogen) atoms. The van der Waals surface area contributed by atoms with Crippen LogP contribution in [0.2, 0.25) is 0 Å². The lowest BCUT2D eigenvalue weighted by Gasteiger charge is -2.26. The third-order valence-electron chi connectivity index (χ3n) is 4.37. The van der Waals surface area contributed by atoms with Gasteiger partial charge in [-0.05, 0) is 42.7 Å². The standard InChI is InChI=1S/C21H23NO5/c1-3-4-9-19(23)22(13-16-7-5-6-8-17(16)21(26)27)18-12-15(20(24)25)11-10-14(18)2/h5-8,10-12H,3-4,9,13H2,1-2H3,(H,24,25)(H,26,27). The van der Waals surface area contributed by atoms with Gasteiger partial charge in [0.25, 0.3) is 0 Å². The van der Waals surface area contributed by atoms with E-state index in [1.54, 1.807) is 31.2 Å². The Morgan fingerprint density at radius 2 is 1.70 bits per heavy atom. The molecule has 0 unspecified atom stereocenters. The van der Waals surface area contributed by atoms with Gasteiger partial charge in [-0.2, -0.15) is 0 Å². The molecule has 142 valence electrons. The first-order chi connectivity index (χ1) is 12.8. The maximum Gasteiger partial charge on any atom is 0.336 e. The molecule has 2 aromatic rings. The van der Waals surface area contributed by atoms with Crippen molar-refractivity contribution in [2.45, 2.75) is 39.7 Å². The van der Waals surface area contributed by atoms with E-state index in [0.717, 1.165) is 12.0 Å². The summed E-state index contributed by atoms with van der Waals surface area (Å²) in [5, 5.41) is 18.7. The first kappa shape index (κ1) is 20.2. The summed E-state index contributed by atoms with van der Waals surface area (Å²) in [6.45, 7) is 3.84. The number of aryl methyl sites for hydroxylation is 1. The summed E-state index contributed by atoms with van der Waals surface area (Å²) < 4.78 is 0. The Morgan fingerprint density at radius 1 is 1.00 bits per heavy atom. The molecule has 0 saturated heterocycles. The minimum Gasteiger partial charge on any atom is -0.478 e. The highest BCUT2D eigenvalue weighted by molar-refractivity contribution is 5.97. The molecule has 2 aromatic carbocycles. The van der Waals surface area contributed by atoms with Gasteiger partial charge in [0.2, 0.25) is 5.91 Å². The van der Waals surface area contributed by atoms with E-state index >= 15 is 0 Å². The average Bonchev–Trinajstić information content (AvgIpc) is 2.64.